The monoisotopic (exact) mass is 266 g/mol. The van der Waals surface area contributed by atoms with E-state index in [9.17, 15) is 4.79 Å². The van der Waals surface area contributed by atoms with Gasteiger partial charge in [0.2, 0.25) is 0 Å². The number of hydrogen-bond donors (Lipinski definition) is 3. The molecular formula is C13H18N2O2S. The number of rotatable bonds is 4. The maximum absolute atomic E-state index is 11.1. The second-order valence-corrected chi connectivity index (χ2v) is 5.89. The molecule has 1 saturated heterocycles. The number of carbonyl (C=O) groups is 1. The van der Waals surface area contributed by atoms with Crippen LogP contribution in [0, 0.1) is 0 Å². The molecule has 1 heterocycles. The summed E-state index contributed by atoms with van der Waals surface area (Å²) in [7, 11) is 0. The molecule has 0 saturated carbocycles. The first-order valence-electron chi connectivity index (χ1n) is 6.15. The fraction of sp³-hybridized carbons (Fsp3) is 0.462. The van der Waals surface area contributed by atoms with Gasteiger partial charge in [-0.15, -0.1) is 0 Å². The van der Waals surface area contributed by atoms with E-state index in [1.807, 2.05) is 11.8 Å². The Kier molecular flexibility index (Phi) is 4.36. The number of carboxylic acid groups (broad SMARTS) is 1. The Balaban J connectivity index is 2.01. The van der Waals surface area contributed by atoms with Gasteiger partial charge >= 0.3 is 5.97 Å². The highest BCUT2D eigenvalue weighted by molar-refractivity contribution is 7.99. The minimum absolute atomic E-state index is 0.246. The lowest BCUT2D eigenvalue weighted by atomic mass is 10.1. The van der Waals surface area contributed by atoms with Crippen molar-refractivity contribution in [3.05, 3.63) is 23.8 Å². The fourth-order valence-corrected chi connectivity index (χ4v) is 3.32. The largest absolute Gasteiger partial charge is 0.478 e. The van der Waals surface area contributed by atoms with Crippen molar-refractivity contribution in [2.24, 2.45) is 0 Å². The zero-order valence-electron chi connectivity index (χ0n) is 10.2. The quantitative estimate of drug-likeness (QED) is 0.730. The van der Waals surface area contributed by atoms with Gasteiger partial charge in [0.15, 0.2) is 0 Å². The number of hydrogen-bond acceptors (Lipinski definition) is 4. The molecule has 2 rings (SSSR count). The lowest BCUT2D eigenvalue weighted by Crippen LogP contribution is -2.21. The van der Waals surface area contributed by atoms with Crippen molar-refractivity contribution >= 4 is 29.1 Å². The van der Waals surface area contributed by atoms with Gasteiger partial charge in [-0.2, -0.15) is 11.8 Å². The van der Waals surface area contributed by atoms with Crippen molar-refractivity contribution in [1.29, 1.82) is 0 Å². The highest BCUT2D eigenvalue weighted by atomic mass is 32.2. The Morgan fingerprint density at radius 3 is 3.00 bits per heavy atom. The highest BCUT2D eigenvalue weighted by Gasteiger charge is 2.15. The third-order valence-electron chi connectivity index (χ3n) is 3.07. The van der Waals surface area contributed by atoms with Crippen LogP contribution in [0.2, 0.25) is 0 Å². The molecule has 1 atom stereocenters. The molecular weight excluding hydrogens is 248 g/mol. The van der Waals surface area contributed by atoms with E-state index in [0.717, 1.165) is 6.54 Å². The molecule has 0 spiro atoms. The number of thioether (sulfide) groups is 1. The Hall–Kier alpha value is -1.36. The van der Waals surface area contributed by atoms with E-state index in [2.05, 4.69) is 5.32 Å². The van der Waals surface area contributed by atoms with Gasteiger partial charge in [-0.05, 0) is 36.8 Å². The van der Waals surface area contributed by atoms with Crippen LogP contribution in [0.25, 0.3) is 0 Å². The van der Waals surface area contributed by atoms with Crippen molar-refractivity contribution in [2.45, 2.75) is 24.5 Å². The first-order chi connectivity index (χ1) is 8.66. The van der Waals surface area contributed by atoms with Gasteiger partial charge in [0, 0.05) is 23.2 Å². The summed E-state index contributed by atoms with van der Waals surface area (Å²) in [4.78, 5) is 11.1. The van der Waals surface area contributed by atoms with Crippen LogP contribution in [-0.4, -0.2) is 28.6 Å². The standard InChI is InChI=1S/C13H18N2O2S/c14-9-4-5-12(11(7-9)13(16)17)15-8-10-3-1-2-6-18-10/h4-5,7,10,15H,1-3,6,8,14H2,(H,16,17). The van der Waals surface area contributed by atoms with E-state index >= 15 is 0 Å². The van der Waals surface area contributed by atoms with Crippen LogP contribution in [-0.2, 0) is 0 Å². The van der Waals surface area contributed by atoms with E-state index in [0.29, 0.717) is 16.6 Å². The lowest BCUT2D eigenvalue weighted by molar-refractivity contribution is 0.0698. The summed E-state index contributed by atoms with van der Waals surface area (Å²) >= 11 is 1.97. The molecule has 4 N–H and O–H groups in total. The predicted octanol–water partition coefficient (Wildman–Crippen LogP) is 2.66. The van der Waals surface area contributed by atoms with Crippen LogP contribution in [0.15, 0.2) is 18.2 Å². The molecule has 0 aliphatic carbocycles. The Morgan fingerprint density at radius 1 is 1.50 bits per heavy atom. The molecule has 1 fully saturated rings. The van der Waals surface area contributed by atoms with E-state index in [4.69, 9.17) is 10.8 Å². The molecule has 1 aliphatic heterocycles. The van der Waals surface area contributed by atoms with Crippen molar-refractivity contribution in [3.63, 3.8) is 0 Å². The van der Waals surface area contributed by atoms with Gasteiger partial charge in [0.1, 0.15) is 0 Å². The number of nitrogens with one attached hydrogen (secondary N) is 1. The van der Waals surface area contributed by atoms with Crippen LogP contribution in [0.5, 0.6) is 0 Å². The average molecular weight is 266 g/mol. The van der Waals surface area contributed by atoms with Gasteiger partial charge < -0.3 is 16.2 Å². The molecule has 5 heteroatoms. The third kappa shape index (κ3) is 3.32. The second-order valence-electron chi connectivity index (χ2n) is 4.48. The first kappa shape index (κ1) is 13.1. The number of nitrogen functional groups attached to an aromatic ring is 1. The Labute approximate surface area is 111 Å². The second kappa shape index (κ2) is 6.00. The molecule has 0 radical (unpaired) electrons. The Bertz CT molecular complexity index is 431. The van der Waals surface area contributed by atoms with Crippen LogP contribution in [0.4, 0.5) is 11.4 Å². The van der Waals surface area contributed by atoms with E-state index < -0.39 is 5.97 Å². The highest BCUT2D eigenvalue weighted by Crippen LogP contribution is 2.26. The topological polar surface area (TPSA) is 75.3 Å². The molecule has 18 heavy (non-hydrogen) atoms. The smallest absolute Gasteiger partial charge is 0.337 e. The van der Waals surface area contributed by atoms with Gasteiger partial charge in [-0.3, -0.25) is 0 Å². The summed E-state index contributed by atoms with van der Waals surface area (Å²) in [6.07, 6.45) is 3.77. The number of carboxylic acids is 1. The predicted molar refractivity (Wildman–Crippen MR) is 76.4 cm³/mol. The minimum Gasteiger partial charge on any atom is -0.478 e. The zero-order chi connectivity index (χ0) is 13.0. The fourth-order valence-electron chi connectivity index (χ4n) is 2.09. The molecule has 0 bridgehead atoms. The lowest BCUT2D eigenvalue weighted by Gasteiger charge is -2.22. The molecule has 0 aromatic heterocycles. The Morgan fingerprint density at radius 2 is 2.33 bits per heavy atom. The van der Waals surface area contributed by atoms with Crippen LogP contribution >= 0.6 is 11.8 Å². The molecule has 1 aliphatic rings. The van der Waals surface area contributed by atoms with Crippen molar-refractivity contribution < 1.29 is 9.90 Å². The maximum atomic E-state index is 11.1. The first-order valence-corrected chi connectivity index (χ1v) is 7.20. The molecule has 1 aromatic rings. The van der Waals surface area contributed by atoms with E-state index in [1.165, 1.54) is 31.1 Å². The van der Waals surface area contributed by atoms with Gasteiger partial charge in [0.05, 0.1) is 5.56 Å². The molecule has 98 valence electrons. The summed E-state index contributed by atoms with van der Waals surface area (Å²) in [6.45, 7) is 0.814. The number of benzene rings is 1. The summed E-state index contributed by atoms with van der Waals surface area (Å²) in [5.74, 6) is 0.265. The zero-order valence-corrected chi connectivity index (χ0v) is 11.0. The van der Waals surface area contributed by atoms with Crippen LogP contribution in [0.1, 0.15) is 29.6 Å². The summed E-state index contributed by atoms with van der Waals surface area (Å²) < 4.78 is 0. The van der Waals surface area contributed by atoms with E-state index in [-0.39, 0.29) is 5.56 Å². The minimum atomic E-state index is -0.943. The summed E-state index contributed by atoms with van der Waals surface area (Å²) in [5, 5.41) is 12.9. The summed E-state index contributed by atoms with van der Waals surface area (Å²) in [5.41, 5.74) is 6.99. The van der Waals surface area contributed by atoms with Gasteiger partial charge in [-0.1, -0.05) is 6.42 Å². The molecule has 1 aromatic carbocycles. The van der Waals surface area contributed by atoms with Gasteiger partial charge in [-0.25, -0.2) is 4.79 Å². The van der Waals surface area contributed by atoms with Gasteiger partial charge in [0.25, 0.3) is 0 Å². The summed E-state index contributed by atoms with van der Waals surface area (Å²) in [6, 6.07) is 4.97. The van der Waals surface area contributed by atoms with Crippen molar-refractivity contribution in [3.8, 4) is 0 Å². The molecule has 4 nitrogen and oxygen atoms in total. The molecule has 0 amide bonds. The third-order valence-corrected chi connectivity index (χ3v) is 4.47. The van der Waals surface area contributed by atoms with Crippen molar-refractivity contribution in [2.75, 3.05) is 23.3 Å². The maximum Gasteiger partial charge on any atom is 0.337 e. The number of aromatic carboxylic acids is 1. The normalized spacial score (nSPS) is 19.4. The number of nitrogens with two attached hydrogens (primary N) is 1. The molecule has 1 unspecified atom stereocenters. The average Bonchev–Trinajstić information content (AvgIpc) is 2.38. The SMILES string of the molecule is Nc1ccc(NCC2CCCCS2)c(C(=O)O)c1. The van der Waals surface area contributed by atoms with E-state index in [1.54, 1.807) is 12.1 Å². The van der Waals surface area contributed by atoms with Crippen LogP contribution in [0.3, 0.4) is 0 Å². The number of anilines is 2. The van der Waals surface area contributed by atoms with Crippen molar-refractivity contribution in [1.82, 2.24) is 0 Å². The van der Waals surface area contributed by atoms with Crippen LogP contribution < -0.4 is 11.1 Å².